The highest BCUT2D eigenvalue weighted by Crippen LogP contribution is 2.22. The first-order chi connectivity index (χ1) is 13.7. The zero-order valence-electron chi connectivity index (χ0n) is 15.3. The molecule has 0 unspecified atom stereocenters. The van der Waals surface area contributed by atoms with E-state index in [0.29, 0.717) is 23.0 Å². The largest absolute Gasteiger partial charge is 0.376 e. The fraction of sp³-hybridized carbons (Fsp3) is 0.500. The number of hydrogen-bond donors (Lipinski definition) is 2. The van der Waals surface area contributed by atoms with Gasteiger partial charge in [0.1, 0.15) is 0 Å². The topological polar surface area (TPSA) is 111 Å². The van der Waals surface area contributed by atoms with Crippen LogP contribution < -0.4 is 10.6 Å². The Morgan fingerprint density at radius 2 is 2.11 bits per heavy atom. The molecule has 2 aliphatic rings. The maximum Gasteiger partial charge on any atom is 0.253 e. The molecule has 2 fully saturated rings. The van der Waals surface area contributed by atoms with Crippen molar-refractivity contribution in [1.82, 2.24) is 25.5 Å². The third kappa shape index (κ3) is 4.87. The van der Waals surface area contributed by atoms with Crippen LogP contribution in [-0.4, -0.2) is 56.5 Å². The van der Waals surface area contributed by atoms with Gasteiger partial charge in [-0.25, -0.2) is 4.68 Å². The van der Waals surface area contributed by atoms with Gasteiger partial charge < -0.3 is 15.4 Å². The minimum Gasteiger partial charge on any atom is -0.376 e. The summed E-state index contributed by atoms with van der Waals surface area (Å²) < 4.78 is 7.28. The summed E-state index contributed by atoms with van der Waals surface area (Å²) in [5.74, 6) is -0.236. The van der Waals surface area contributed by atoms with Gasteiger partial charge in [0.15, 0.2) is 0 Å². The summed E-state index contributed by atoms with van der Waals surface area (Å²) in [6.45, 7) is 1.35. The smallest absolute Gasteiger partial charge is 0.253 e. The predicted molar refractivity (Wildman–Crippen MR) is 103 cm³/mol. The van der Waals surface area contributed by atoms with Crippen molar-refractivity contribution in [2.75, 3.05) is 17.7 Å². The van der Waals surface area contributed by atoms with E-state index in [1.165, 1.54) is 11.8 Å². The van der Waals surface area contributed by atoms with E-state index in [1.807, 2.05) is 0 Å². The van der Waals surface area contributed by atoms with Crippen LogP contribution in [0.15, 0.2) is 29.4 Å². The number of carbonyl (C=O) groups excluding carboxylic acids is 2. The second-order valence-electron chi connectivity index (χ2n) is 6.91. The summed E-state index contributed by atoms with van der Waals surface area (Å²) in [6, 6.07) is 7.27. The second-order valence-corrected chi connectivity index (χ2v) is 7.85. The van der Waals surface area contributed by atoms with Gasteiger partial charge in [0, 0.05) is 12.6 Å². The highest BCUT2D eigenvalue weighted by molar-refractivity contribution is 7.99. The molecule has 1 aromatic carbocycles. The third-order valence-electron chi connectivity index (χ3n) is 4.59. The second kappa shape index (κ2) is 8.70. The average molecular weight is 402 g/mol. The van der Waals surface area contributed by atoms with Crippen molar-refractivity contribution in [3.63, 3.8) is 0 Å². The Morgan fingerprint density at radius 1 is 1.25 bits per heavy atom. The number of ether oxygens (including phenoxy) is 1. The number of thioether (sulfide) groups is 1. The summed E-state index contributed by atoms with van der Waals surface area (Å²) in [7, 11) is 0. The Hall–Kier alpha value is -2.46. The molecule has 9 nitrogen and oxygen atoms in total. The molecular formula is C18H22N6O3S. The van der Waals surface area contributed by atoms with Crippen LogP contribution in [0.25, 0.3) is 0 Å². The minimum absolute atomic E-state index is 0.119. The number of rotatable bonds is 8. The Morgan fingerprint density at radius 3 is 2.89 bits per heavy atom. The first kappa shape index (κ1) is 18.9. The fourth-order valence-corrected chi connectivity index (χ4v) is 3.68. The molecule has 2 N–H and O–H groups in total. The highest BCUT2D eigenvalue weighted by Gasteiger charge is 2.25. The molecule has 0 spiro atoms. The number of nitrogens with zero attached hydrogens (tertiary/aromatic N) is 4. The van der Waals surface area contributed by atoms with Crippen molar-refractivity contribution in [3.8, 4) is 0 Å². The summed E-state index contributed by atoms with van der Waals surface area (Å²) in [5.41, 5.74) is 0.973. The summed E-state index contributed by atoms with van der Waals surface area (Å²) in [6.07, 6.45) is 4.18. The van der Waals surface area contributed by atoms with E-state index in [1.54, 1.807) is 28.9 Å². The number of aromatic nitrogens is 4. The lowest BCUT2D eigenvalue weighted by Crippen LogP contribution is -2.27. The lowest BCUT2D eigenvalue weighted by molar-refractivity contribution is -0.113. The Bertz CT molecular complexity index is 847. The van der Waals surface area contributed by atoms with E-state index in [2.05, 4.69) is 26.2 Å². The molecule has 1 saturated heterocycles. The van der Waals surface area contributed by atoms with Crippen molar-refractivity contribution >= 4 is 29.3 Å². The molecule has 1 aliphatic heterocycles. The van der Waals surface area contributed by atoms with Gasteiger partial charge in [-0.15, -0.1) is 5.10 Å². The number of anilines is 1. The van der Waals surface area contributed by atoms with Crippen molar-refractivity contribution < 1.29 is 14.3 Å². The van der Waals surface area contributed by atoms with Crippen LogP contribution in [0.5, 0.6) is 0 Å². The van der Waals surface area contributed by atoms with Crippen LogP contribution >= 0.6 is 11.8 Å². The maximum absolute atomic E-state index is 12.4. The highest BCUT2D eigenvalue weighted by atomic mass is 32.2. The van der Waals surface area contributed by atoms with Gasteiger partial charge in [-0.1, -0.05) is 23.9 Å². The van der Waals surface area contributed by atoms with Crippen molar-refractivity contribution in [3.05, 3.63) is 29.8 Å². The molecule has 1 aromatic heterocycles. The minimum atomic E-state index is -0.219. The number of nitrogens with one attached hydrogen (secondary N) is 2. The van der Waals surface area contributed by atoms with Gasteiger partial charge in [0.05, 0.1) is 29.7 Å². The molecule has 1 saturated carbocycles. The van der Waals surface area contributed by atoms with E-state index in [-0.39, 0.29) is 29.7 Å². The quantitative estimate of drug-likeness (QED) is 0.643. The standard InChI is InChI=1S/C18H22N6O3S/c25-16(11-28-18-21-22-23-24(18)10-13-4-3-9-27-13)20-15-6-2-1-5-14(15)17(26)19-12-7-8-12/h1-2,5-6,12-13H,3-4,7-11H2,(H,19,26)(H,20,25)/t13-/m0/s1. The third-order valence-corrected chi connectivity index (χ3v) is 5.55. The van der Waals surface area contributed by atoms with Crippen molar-refractivity contribution in [2.24, 2.45) is 0 Å². The van der Waals surface area contributed by atoms with E-state index in [0.717, 1.165) is 32.3 Å². The van der Waals surface area contributed by atoms with Crippen LogP contribution in [0.1, 0.15) is 36.0 Å². The van der Waals surface area contributed by atoms with Gasteiger partial charge in [-0.3, -0.25) is 9.59 Å². The van der Waals surface area contributed by atoms with Crippen LogP contribution in [-0.2, 0) is 16.1 Å². The van der Waals surface area contributed by atoms with E-state index in [9.17, 15) is 9.59 Å². The number of amides is 2. The number of carbonyl (C=O) groups is 2. The number of tetrazole rings is 1. The van der Waals surface area contributed by atoms with Crippen molar-refractivity contribution in [1.29, 1.82) is 0 Å². The Balaban J connectivity index is 1.33. The van der Waals surface area contributed by atoms with Gasteiger partial charge in [-0.2, -0.15) is 0 Å². The molecule has 1 aliphatic carbocycles. The van der Waals surface area contributed by atoms with Crippen LogP contribution in [0.4, 0.5) is 5.69 Å². The molecule has 0 bridgehead atoms. The first-order valence-corrected chi connectivity index (χ1v) is 10.4. The van der Waals surface area contributed by atoms with E-state index < -0.39 is 0 Å². The molecule has 2 aromatic rings. The lowest BCUT2D eigenvalue weighted by Gasteiger charge is -2.11. The fourth-order valence-electron chi connectivity index (χ4n) is 2.99. The summed E-state index contributed by atoms with van der Waals surface area (Å²) >= 11 is 1.26. The SMILES string of the molecule is O=C(CSc1nnnn1C[C@@H]1CCCO1)Nc1ccccc1C(=O)NC1CC1. The number of benzene rings is 1. The van der Waals surface area contributed by atoms with Gasteiger partial charge in [0.25, 0.3) is 5.91 Å². The van der Waals surface area contributed by atoms with Crippen molar-refractivity contribution in [2.45, 2.75) is 49.5 Å². The predicted octanol–water partition coefficient (Wildman–Crippen LogP) is 1.48. The number of hydrogen-bond acceptors (Lipinski definition) is 7. The molecular weight excluding hydrogens is 380 g/mol. The normalized spacial score (nSPS) is 18.8. The first-order valence-electron chi connectivity index (χ1n) is 9.39. The molecule has 4 rings (SSSR count). The van der Waals surface area contributed by atoms with Crippen LogP contribution in [0.2, 0.25) is 0 Å². The maximum atomic E-state index is 12.4. The zero-order valence-corrected chi connectivity index (χ0v) is 16.2. The average Bonchev–Trinajstić information content (AvgIpc) is 3.16. The summed E-state index contributed by atoms with van der Waals surface area (Å²) in [5, 5.41) is 18.0. The van der Waals surface area contributed by atoms with E-state index in [4.69, 9.17) is 4.74 Å². The van der Waals surface area contributed by atoms with Crippen LogP contribution in [0.3, 0.4) is 0 Å². The number of para-hydroxylation sites is 1. The lowest BCUT2D eigenvalue weighted by atomic mass is 10.1. The molecule has 1 atom stereocenters. The molecule has 148 valence electrons. The van der Waals surface area contributed by atoms with E-state index >= 15 is 0 Å². The van der Waals surface area contributed by atoms with Gasteiger partial charge >= 0.3 is 0 Å². The molecule has 2 amide bonds. The molecule has 28 heavy (non-hydrogen) atoms. The van der Waals surface area contributed by atoms with Crippen LogP contribution in [0, 0.1) is 0 Å². The Kier molecular flexibility index (Phi) is 5.87. The molecule has 0 radical (unpaired) electrons. The molecule has 2 heterocycles. The van der Waals surface area contributed by atoms with Gasteiger partial charge in [0.2, 0.25) is 11.1 Å². The Labute approximate surface area is 166 Å². The monoisotopic (exact) mass is 402 g/mol. The van der Waals surface area contributed by atoms with Gasteiger partial charge in [-0.05, 0) is 48.2 Å². The summed E-state index contributed by atoms with van der Waals surface area (Å²) in [4.78, 5) is 24.7. The zero-order chi connectivity index (χ0) is 19.3. The molecule has 10 heteroatoms.